The summed E-state index contributed by atoms with van der Waals surface area (Å²) in [5.41, 5.74) is 12.6. The van der Waals surface area contributed by atoms with Gasteiger partial charge in [-0.2, -0.15) is 42.5 Å². The van der Waals surface area contributed by atoms with Gasteiger partial charge >= 0.3 is 20.1 Å². The van der Waals surface area contributed by atoms with Gasteiger partial charge in [0, 0.05) is 14.3 Å². The third-order valence-corrected chi connectivity index (χ3v) is 13.4. The van der Waals surface area contributed by atoms with Gasteiger partial charge < -0.3 is 9.40 Å². The molecule has 0 bridgehead atoms. The molecule has 2 aromatic heterocycles. The quantitative estimate of drug-likeness (QED) is 0.118. The maximum absolute atomic E-state index is 6.25. The number of hydrogen-bond acceptors (Lipinski definition) is 2. The summed E-state index contributed by atoms with van der Waals surface area (Å²) in [6.07, 6.45) is 10.2. The van der Waals surface area contributed by atoms with Gasteiger partial charge in [-0.15, -0.1) is 34.5 Å². The van der Waals surface area contributed by atoms with E-state index in [1.807, 2.05) is 24.4 Å². The van der Waals surface area contributed by atoms with Crippen molar-refractivity contribution in [2.24, 2.45) is 5.92 Å². The van der Waals surface area contributed by atoms with Crippen LogP contribution in [0.15, 0.2) is 114 Å². The first-order valence-corrected chi connectivity index (χ1v) is 23.8. The Labute approximate surface area is 350 Å². The minimum atomic E-state index is -1.33. The second-order valence-electron chi connectivity index (χ2n) is 17.9. The summed E-state index contributed by atoms with van der Waals surface area (Å²) in [7, 11) is -1.33. The van der Waals surface area contributed by atoms with Crippen LogP contribution in [0, 0.1) is 24.1 Å². The Bertz CT molecular complexity index is 2370. The van der Waals surface area contributed by atoms with Crippen molar-refractivity contribution in [2.75, 3.05) is 0 Å². The molecule has 0 unspecified atom stereocenters. The van der Waals surface area contributed by atoms with E-state index in [0.717, 1.165) is 39.1 Å². The third kappa shape index (κ3) is 9.54. The number of rotatable bonds is 7. The smallest absolute Gasteiger partial charge is 0.477 e. The first-order chi connectivity index (χ1) is 26.3. The van der Waals surface area contributed by atoms with Crippen LogP contribution in [0.2, 0.25) is 19.6 Å². The summed E-state index contributed by atoms with van der Waals surface area (Å²) < 4.78 is 6.25. The standard InChI is InChI=1S/C30H28NO.C22H28Si.Ir/c1-19(2)21-15-16-31-26(17-21)22-11-14-25-28(18-22)32-27-8-6-7-24(29(25)27)20-9-12-23(13-10-20)30(3,4)5;1-23(2,3)22-15-14-20(19-12-8-5-9-13-19)17-21(22)16-18-10-6-4-7-11-18;/h6-17,19H,1-5H3;5,8-9,12,15,17-18H,4,6-7,10-11,16H2,1-3H3;/q-1;-2;+3. The van der Waals surface area contributed by atoms with Crippen LogP contribution in [-0.2, 0) is 31.9 Å². The number of aromatic nitrogens is 1. The molecule has 56 heavy (non-hydrogen) atoms. The van der Waals surface area contributed by atoms with E-state index in [0.29, 0.717) is 5.92 Å². The van der Waals surface area contributed by atoms with Crippen LogP contribution in [0.1, 0.15) is 89.3 Å². The molecular weight excluding hydrogens is 875 g/mol. The zero-order valence-electron chi connectivity index (χ0n) is 34.5. The van der Waals surface area contributed by atoms with Gasteiger partial charge in [-0.3, -0.25) is 0 Å². The van der Waals surface area contributed by atoms with Crippen LogP contribution in [0.25, 0.3) is 55.4 Å². The summed E-state index contributed by atoms with van der Waals surface area (Å²) in [6.45, 7) is 18.5. The van der Waals surface area contributed by atoms with Crippen LogP contribution in [-0.4, -0.2) is 13.1 Å². The minimum Gasteiger partial charge on any atom is -0.477 e. The SMILES string of the molecule is CC(C)c1ccnc(-c2[c-]c3oc4cccc(-c5ccc(C(C)(C)C)cc5)c4c3cc2)c1.C[Si](C)(C)c1c[c-]c(-c2[c-]cccc2)cc1CC1CCCCC1.[Ir+3]. The maximum atomic E-state index is 6.25. The Balaban J connectivity index is 0.000000197. The molecule has 0 saturated heterocycles. The van der Waals surface area contributed by atoms with Gasteiger partial charge in [-0.1, -0.05) is 146 Å². The molecule has 5 aromatic carbocycles. The van der Waals surface area contributed by atoms with Gasteiger partial charge in [0.15, 0.2) is 0 Å². The predicted molar refractivity (Wildman–Crippen MR) is 237 cm³/mol. The first-order valence-electron chi connectivity index (χ1n) is 20.3. The average molecular weight is 931 g/mol. The van der Waals surface area contributed by atoms with Gasteiger partial charge in [-0.05, 0) is 63.6 Å². The fourth-order valence-corrected chi connectivity index (χ4v) is 9.71. The molecule has 288 valence electrons. The second kappa shape index (κ2) is 17.6. The van der Waals surface area contributed by atoms with E-state index < -0.39 is 8.07 Å². The third-order valence-electron chi connectivity index (χ3n) is 11.3. The van der Waals surface area contributed by atoms with Crippen LogP contribution in [0.4, 0.5) is 0 Å². The van der Waals surface area contributed by atoms with E-state index >= 15 is 0 Å². The van der Waals surface area contributed by atoms with Crippen molar-refractivity contribution in [1.29, 1.82) is 0 Å². The molecule has 0 N–H and O–H groups in total. The first kappa shape index (κ1) is 41.5. The van der Waals surface area contributed by atoms with E-state index in [4.69, 9.17) is 4.42 Å². The van der Waals surface area contributed by atoms with E-state index in [1.54, 1.807) is 10.8 Å². The molecule has 2 nitrogen and oxygen atoms in total. The molecule has 8 rings (SSSR count). The average Bonchev–Trinajstić information content (AvgIpc) is 3.56. The van der Waals surface area contributed by atoms with Crippen molar-refractivity contribution >= 4 is 35.2 Å². The van der Waals surface area contributed by atoms with Crippen molar-refractivity contribution in [2.45, 2.75) is 104 Å². The largest absolute Gasteiger partial charge is 3.00 e. The van der Waals surface area contributed by atoms with Gasteiger partial charge in [-0.25, -0.2) is 11.1 Å². The van der Waals surface area contributed by atoms with Crippen molar-refractivity contribution in [3.63, 3.8) is 0 Å². The molecule has 1 aliphatic carbocycles. The molecular formula is C52H56IrNOSi. The van der Waals surface area contributed by atoms with Crippen molar-refractivity contribution in [1.82, 2.24) is 4.98 Å². The molecule has 0 spiro atoms. The summed E-state index contributed by atoms with van der Waals surface area (Å²) in [5, 5.41) is 3.82. The number of hydrogen-bond donors (Lipinski definition) is 0. The number of pyridine rings is 1. The number of nitrogens with zero attached hydrogens (tertiary/aromatic N) is 1. The van der Waals surface area contributed by atoms with Crippen LogP contribution in [0.5, 0.6) is 0 Å². The van der Waals surface area contributed by atoms with Crippen molar-refractivity contribution < 1.29 is 24.5 Å². The Morgan fingerprint density at radius 2 is 1.57 bits per heavy atom. The van der Waals surface area contributed by atoms with Gasteiger partial charge in [0.1, 0.15) is 5.58 Å². The number of benzene rings is 5. The normalized spacial score (nSPS) is 13.7. The number of furan rings is 1. The molecule has 0 aliphatic heterocycles. The summed E-state index contributed by atoms with van der Waals surface area (Å²) in [5.74, 6) is 1.34. The molecule has 0 radical (unpaired) electrons. The Hall–Kier alpha value is -4.08. The Morgan fingerprint density at radius 1 is 0.804 bits per heavy atom. The molecule has 1 saturated carbocycles. The second-order valence-corrected chi connectivity index (χ2v) is 22.9. The summed E-state index contributed by atoms with van der Waals surface area (Å²) >= 11 is 0. The molecule has 1 aliphatic rings. The number of fused-ring (bicyclic) bond motifs is 3. The fourth-order valence-electron chi connectivity index (χ4n) is 8.07. The van der Waals surface area contributed by atoms with Gasteiger partial charge in [0.25, 0.3) is 0 Å². The summed E-state index contributed by atoms with van der Waals surface area (Å²) in [6, 6.07) is 47.0. The minimum absolute atomic E-state index is 0. The molecule has 7 aromatic rings. The van der Waals surface area contributed by atoms with Crippen LogP contribution in [0.3, 0.4) is 0 Å². The molecule has 0 amide bonds. The molecule has 1 fully saturated rings. The fraction of sp³-hybridized carbons (Fsp3) is 0.327. The predicted octanol–water partition coefficient (Wildman–Crippen LogP) is 14.2. The molecule has 0 atom stereocenters. The van der Waals surface area contributed by atoms with Crippen molar-refractivity contribution in [3.05, 3.63) is 144 Å². The summed E-state index contributed by atoms with van der Waals surface area (Å²) in [4.78, 5) is 4.57. The van der Waals surface area contributed by atoms with Gasteiger partial charge in [0.05, 0.1) is 5.58 Å². The molecule has 2 heterocycles. The zero-order chi connectivity index (χ0) is 38.7. The molecule has 4 heteroatoms. The van der Waals surface area contributed by atoms with Gasteiger partial charge in [0.2, 0.25) is 0 Å². The van der Waals surface area contributed by atoms with Crippen LogP contribution >= 0.6 is 0 Å². The van der Waals surface area contributed by atoms with Crippen molar-refractivity contribution in [3.8, 4) is 33.5 Å². The van der Waals surface area contributed by atoms with E-state index in [1.165, 1.54) is 71.9 Å². The Morgan fingerprint density at radius 3 is 2.25 bits per heavy atom. The topological polar surface area (TPSA) is 26.0 Å². The van der Waals surface area contributed by atoms with Crippen LogP contribution < -0.4 is 5.19 Å². The zero-order valence-corrected chi connectivity index (χ0v) is 37.9. The van der Waals surface area contributed by atoms with E-state index in [-0.39, 0.29) is 25.5 Å². The monoisotopic (exact) mass is 931 g/mol. The maximum Gasteiger partial charge on any atom is 3.00 e. The van der Waals surface area contributed by atoms with E-state index in [9.17, 15) is 0 Å². The Kier molecular flexibility index (Phi) is 13.1. The van der Waals surface area contributed by atoms with E-state index in [2.05, 4.69) is 162 Å².